The average Bonchev–Trinajstić information content (AvgIpc) is 3.26. The van der Waals surface area contributed by atoms with E-state index in [2.05, 4.69) is 15.4 Å². The van der Waals surface area contributed by atoms with Crippen molar-refractivity contribution < 1.29 is 26.4 Å². The average molecular weight is 455 g/mol. The summed E-state index contributed by atoms with van der Waals surface area (Å²) in [4.78, 5) is 29.1. The van der Waals surface area contributed by atoms with Crippen molar-refractivity contribution in [2.45, 2.75) is 25.2 Å². The molecule has 0 unspecified atom stereocenters. The molecule has 31 heavy (non-hydrogen) atoms. The largest absolute Gasteiger partial charge is 0.416 e. The van der Waals surface area contributed by atoms with Crippen molar-refractivity contribution >= 4 is 32.5 Å². The van der Waals surface area contributed by atoms with Gasteiger partial charge in [-0.15, -0.1) is 0 Å². The van der Waals surface area contributed by atoms with E-state index in [1.54, 1.807) is 0 Å². The van der Waals surface area contributed by atoms with Crippen molar-refractivity contribution in [3.63, 3.8) is 0 Å². The van der Waals surface area contributed by atoms with Crippen LogP contribution in [0.25, 0.3) is 11.0 Å². The zero-order valence-electron chi connectivity index (χ0n) is 15.8. The maximum atomic E-state index is 12.8. The Bertz CT molecular complexity index is 1330. The van der Waals surface area contributed by atoms with Crippen LogP contribution in [0.3, 0.4) is 0 Å². The zero-order chi connectivity index (χ0) is 22.4. The highest BCUT2D eigenvalue weighted by atomic mass is 32.2. The van der Waals surface area contributed by atoms with Gasteiger partial charge in [0.15, 0.2) is 15.5 Å². The zero-order valence-corrected chi connectivity index (χ0v) is 16.7. The fraction of sp³-hybridized carbons (Fsp3) is 0.333. The smallest absolute Gasteiger partial charge is 0.325 e. The maximum absolute atomic E-state index is 12.8. The van der Waals surface area contributed by atoms with Crippen LogP contribution in [0.4, 0.5) is 18.9 Å². The molecule has 1 N–H and O–H groups in total. The number of aromatic nitrogens is 4. The molecule has 1 aliphatic rings. The lowest BCUT2D eigenvalue weighted by molar-refractivity contribution is -0.137. The fourth-order valence-corrected chi connectivity index (χ4v) is 5.14. The standard InChI is InChI=1S/C18H16F3N5O4S/c19-18(20,21)11-2-1-3-12(6-11)24-15(27)8-25-10-22-16-14(17(25)28)7-23-26(16)13-4-5-31(29,30)9-13/h1-3,6-7,10,13H,4-5,8-9H2,(H,24,27)/t13-/m1/s1. The number of halogens is 3. The van der Waals surface area contributed by atoms with Crippen molar-refractivity contribution in [1.29, 1.82) is 0 Å². The van der Waals surface area contributed by atoms with Gasteiger partial charge in [-0.3, -0.25) is 14.2 Å². The van der Waals surface area contributed by atoms with Gasteiger partial charge in [0.1, 0.15) is 18.3 Å². The van der Waals surface area contributed by atoms with E-state index in [-0.39, 0.29) is 28.2 Å². The first-order chi connectivity index (χ1) is 14.5. The number of alkyl halides is 3. The number of fused-ring (bicyclic) bond motifs is 1. The van der Waals surface area contributed by atoms with Gasteiger partial charge in [0.2, 0.25) is 5.91 Å². The third kappa shape index (κ3) is 4.31. The fourth-order valence-electron chi connectivity index (χ4n) is 3.44. The van der Waals surface area contributed by atoms with E-state index in [0.29, 0.717) is 6.42 Å². The lowest BCUT2D eigenvalue weighted by atomic mass is 10.2. The van der Waals surface area contributed by atoms with E-state index < -0.39 is 45.6 Å². The number of benzene rings is 1. The number of carbonyl (C=O) groups excluding carboxylic acids is 1. The van der Waals surface area contributed by atoms with E-state index >= 15 is 0 Å². The second-order valence-electron chi connectivity index (χ2n) is 7.19. The Balaban J connectivity index is 1.54. The Morgan fingerprint density at radius 3 is 2.74 bits per heavy atom. The van der Waals surface area contributed by atoms with Crippen LogP contribution >= 0.6 is 0 Å². The number of hydrogen-bond donors (Lipinski definition) is 1. The minimum atomic E-state index is -4.55. The summed E-state index contributed by atoms with van der Waals surface area (Å²) >= 11 is 0. The molecule has 1 aliphatic heterocycles. The van der Waals surface area contributed by atoms with E-state index in [4.69, 9.17) is 0 Å². The van der Waals surface area contributed by atoms with Crippen LogP contribution in [0.15, 0.2) is 41.6 Å². The van der Waals surface area contributed by atoms with E-state index in [9.17, 15) is 31.2 Å². The molecular formula is C18H16F3N5O4S. The predicted octanol–water partition coefficient (Wildman–Crippen LogP) is 1.61. The number of amides is 1. The topological polar surface area (TPSA) is 116 Å². The predicted molar refractivity (Wildman–Crippen MR) is 104 cm³/mol. The third-order valence-corrected chi connectivity index (χ3v) is 6.67. The minimum Gasteiger partial charge on any atom is -0.325 e. The molecule has 164 valence electrons. The summed E-state index contributed by atoms with van der Waals surface area (Å²) in [5, 5.41) is 6.53. The molecule has 1 amide bonds. The van der Waals surface area contributed by atoms with Gasteiger partial charge in [0, 0.05) is 5.69 Å². The molecule has 1 saturated heterocycles. The summed E-state index contributed by atoms with van der Waals surface area (Å²) in [6.45, 7) is -0.471. The number of rotatable bonds is 4. The molecule has 1 aromatic carbocycles. The summed E-state index contributed by atoms with van der Waals surface area (Å²) in [7, 11) is -3.16. The highest BCUT2D eigenvalue weighted by Gasteiger charge is 2.32. The Hall–Kier alpha value is -3.22. The number of nitrogens with one attached hydrogen (secondary N) is 1. The van der Waals surface area contributed by atoms with Gasteiger partial charge in [-0.1, -0.05) is 6.07 Å². The normalized spacial score (nSPS) is 18.4. The monoisotopic (exact) mass is 455 g/mol. The van der Waals surface area contributed by atoms with Crippen LogP contribution in [-0.4, -0.2) is 45.2 Å². The highest BCUT2D eigenvalue weighted by Crippen LogP contribution is 2.30. The summed E-state index contributed by atoms with van der Waals surface area (Å²) in [6, 6.07) is 3.72. The second-order valence-corrected chi connectivity index (χ2v) is 9.42. The third-order valence-electron chi connectivity index (χ3n) is 4.92. The van der Waals surface area contributed by atoms with Crippen LogP contribution in [0.2, 0.25) is 0 Å². The molecule has 3 heterocycles. The van der Waals surface area contributed by atoms with Gasteiger partial charge in [-0.05, 0) is 24.6 Å². The van der Waals surface area contributed by atoms with Crippen molar-refractivity contribution in [3.05, 3.63) is 52.7 Å². The van der Waals surface area contributed by atoms with Crippen molar-refractivity contribution in [2.24, 2.45) is 0 Å². The number of anilines is 1. The first-order valence-corrected chi connectivity index (χ1v) is 11.0. The summed E-state index contributed by atoms with van der Waals surface area (Å²) in [6.07, 6.45) is -1.80. The highest BCUT2D eigenvalue weighted by molar-refractivity contribution is 7.91. The minimum absolute atomic E-state index is 0.0335. The Morgan fingerprint density at radius 1 is 1.29 bits per heavy atom. The van der Waals surface area contributed by atoms with Crippen LogP contribution in [0, 0.1) is 0 Å². The first kappa shape index (κ1) is 21.0. The van der Waals surface area contributed by atoms with E-state index in [1.165, 1.54) is 16.9 Å². The van der Waals surface area contributed by atoms with Crippen LogP contribution in [0.5, 0.6) is 0 Å². The van der Waals surface area contributed by atoms with Gasteiger partial charge in [-0.2, -0.15) is 18.3 Å². The van der Waals surface area contributed by atoms with Crippen LogP contribution in [0.1, 0.15) is 18.0 Å². The molecule has 13 heteroatoms. The molecule has 4 rings (SSSR count). The number of carbonyl (C=O) groups is 1. The Morgan fingerprint density at radius 2 is 2.06 bits per heavy atom. The SMILES string of the molecule is O=C(Cn1cnc2c(cnn2[C@@H]2CCS(=O)(=O)C2)c1=O)Nc1cccc(C(F)(F)F)c1. The number of sulfone groups is 1. The number of nitrogens with zero attached hydrogens (tertiary/aromatic N) is 4. The molecule has 0 aliphatic carbocycles. The quantitative estimate of drug-likeness (QED) is 0.639. The second kappa shape index (κ2) is 7.48. The molecule has 0 bridgehead atoms. The molecule has 2 aromatic heterocycles. The van der Waals surface area contributed by atoms with E-state index in [1.807, 2.05) is 0 Å². The van der Waals surface area contributed by atoms with Crippen molar-refractivity contribution in [1.82, 2.24) is 19.3 Å². The Kier molecular flexibility index (Phi) is 5.07. The van der Waals surface area contributed by atoms with E-state index in [0.717, 1.165) is 29.1 Å². The van der Waals surface area contributed by atoms with Crippen LogP contribution < -0.4 is 10.9 Å². The van der Waals surface area contributed by atoms with Crippen molar-refractivity contribution in [2.75, 3.05) is 16.8 Å². The number of hydrogen-bond acceptors (Lipinski definition) is 6. The van der Waals surface area contributed by atoms with Gasteiger partial charge < -0.3 is 5.32 Å². The van der Waals surface area contributed by atoms with Crippen LogP contribution in [-0.2, 0) is 27.4 Å². The Labute approximate surface area is 173 Å². The molecule has 0 spiro atoms. The summed E-state index contributed by atoms with van der Waals surface area (Å²) < 4.78 is 64.2. The lowest BCUT2D eigenvalue weighted by Crippen LogP contribution is -2.28. The molecule has 1 fully saturated rings. The van der Waals surface area contributed by atoms with Gasteiger partial charge in [0.05, 0.1) is 29.3 Å². The molecule has 1 atom stereocenters. The molecule has 3 aromatic rings. The molecular weight excluding hydrogens is 439 g/mol. The summed E-state index contributed by atoms with van der Waals surface area (Å²) in [5.74, 6) is -0.767. The summed E-state index contributed by atoms with van der Waals surface area (Å²) in [5.41, 5.74) is -1.33. The maximum Gasteiger partial charge on any atom is 0.416 e. The molecule has 0 radical (unpaired) electrons. The first-order valence-electron chi connectivity index (χ1n) is 9.14. The van der Waals surface area contributed by atoms with Crippen molar-refractivity contribution in [3.8, 4) is 0 Å². The van der Waals surface area contributed by atoms with Gasteiger partial charge >= 0.3 is 6.18 Å². The van der Waals surface area contributed by atoms with Gasteiger partial charge in [-0.25, -0.2) is 18.1 Å². The lowest BCUT2D eigenvalue weighted by Gasteiger charge is -2.11. The van der Waals surface area contributed by atoms with Gasteiger partial charge in [0.25, 0.3) is 5.56 Å². The molecule has 9 nitrogen and oxygen atoms in total. The molecule has 0 saturated carbocycles.